The van der Waals surface area contributed by atoms with Crippen LogP contribution >= 0.6 is 0 Å². The fraction of sp³-hybridized carbons (Fsp3) is 0.500. The van der Waals surface area contributed by atoms with Crippen LogP contribution in [0.5, 0.6) is 0 Å². The molecule has 0 bridgehead atoms. The van der Waals surface area contributed by atoms with Crippen LogP contribution in [0.25, 0.3) is 11.1 Å². The number of rotatable bonds is 6. The minimum absolute atomic E-state index is 0.0196. The number of alkyl halides is 3. The minimum Gasteiger partial charge on any atom is -0.368 e. The van der Waals surface area contributed by atoms with E-state index in [-0.39, 0.29) is 30.3 Å². The average molecular weight is 522 g/mol. The van der Waals surface area contributed by atoms with Crippen LogP contribution in [0.1, 0.15) is 36.9 Å². The van der Waals surface area contributed by atoms with E-state index in [1.807, 2.05) is 0 Å². The van der Waals surface area contributed by atoms with Crippen molar-refractivity contribution in [3.63, 3.8) is 0 Å². The van der Waals surface area contributed by atoms with E-state index < -0.39 is 47.9 Å². The third-order valence-corrected chi connectivity index (χ3v) is 8.87. The molecule has 0 spiro atoms. The van der Waals surface area contributed by atoms with Crippen molar-refractivity contribution in [1.29, 1.82) is 0 Å². The molecule has 188 valence electrons. The van der Waals surface area contributed by atoms with Crippen LogP contribution in [0, 0.1) is 12.8 Å². The zero-order valence-corrected chi connectivity index (χ0v) is 20.1. The van der Waals surface area contributed by atoms with Gasteiger partial charge in [0.05, 0.1) is 16.2 Å². The highest BCUT2D eigenvalue weighted by Gasteiger charge is 2.39. The molecule has 34 heavy (non-hydrogen) atoms. The van der Waals surface area contributed by atoms with Crippen LogP contribution in [0.4, 0.5) is 19.1 Å². The highest BCUT2D eigenvalue weighted by molar-refractivity contribution is 7.91. The first-order chi connectivity index (χ1) is 15.6. The molecule has 9 nitrogen and oxygen atoms in total. The summed E-state index contributed by atoms with van der Waals surface area (Å²) in [5, 5.41) is -1.07. The standard InChI is InChI=1S/C20H26F3N5O4S2/c1-11-15(10-26-19(25)27-11)13-5-8-16(20(21,22)23)17(9-13)34(31,32)28-14-6-3-12(4-7-14)18(24)33(2,29)30/h5,8-10,12,14,18,28H,3-4,6-7,24H2,1-2H3,(H2,25,26,27). The molecule has 0 amide bonds. The van der Waals surface area contributed by atoms with Gasteiger partial charge in [-0.15, -0.1) is 0 Å². The lowest BCUT2D eigenvalue weighted by molar-refractivity contribution is -0.139. The van der Waals surface area contributed by atoms with Gasteiger partial charge in [-0.25, -0.2) is 31.5 Å². The van der Waals surface area contributed by atoms with E-state index in [0.29, 0.717) is 30.2 Å². The normalized spacial score (nSPS) is 20.8. The van der Waals surface area contributed by atoms with Crippen molar-refractivity contribution in [3.05, 3.63) is 35.7 Å². The van der Waals surface area contributed by atoms with Crippen molar-refractivity contribution in [1.82, 2.24) is 14.7 Å². The number of anilines is 1. The second-order valence-electron chi connectivity index (χ2n) is 8.46. The highest BCUT2D eigenvalue weighted by atomic mass is 32.2. The summed E-state index contributed by atoms with van der Waals surface area (Å²) in [6.45, 7) is 1.58. The number of halogens is 3. The molecule has 3 rings (SSSR count). The molecule has 1 heterocycles. The molecule has 1 unspecified atom stereocenters. The number of nitrogens with one attached hydrogen (secondary N) is 1. The lowest BCUT2D eigenvalue weighted by Gasteiger charge is -2.31. The van der Waals surface area contributed by atoms with E-state index in [4.69, 9.17) is 11.5 Å². The molecule has 0 aliphatic heterocycles. The largest absolute Gasteiger partial charge is 0.417 e. The molecular formula is C20H26F3N5O4S2. The third kappa shape index (κ3) is 5.85. The maximum Gasteiger partial charge on any atom is 0.417 e. The van der Waals surface area contributed by atoms with Gasteiger partial charge in [-0.3, -0.25) is 0 Å². The second kappa shape index (κ2) is 9.40. The Hall–Kier alpha value is -2.29. The first-order valence-electron chi connectivity index (χ1n) is 10.4. The molecule has 1 aliphatic carbocycles. The lowest BCUT2D eigenvalue weighted by Crippen LogP contribution is -2.43. The van der Waals surface area contributed by atoms with E-state index in [9.17, 15) is 30.0 Å². The lowest BCUT2D eigenvalue weighted by atomic mass is 9.86. The molecule has 14 heteroatoms. The summed E-state index contributed by atoms with van der Waals surface area (Å²) in [4.78, 5) is 6.90. The Morgan fingerprint density at radius 2 is 1.74 bits per heavy atom. The minimum atomic E-state index is -4.91. The summed E-state index contributed by atoms with van der Waals surface area (Å²) >= 11 is 0. The summed E-state index contributed by atoms with van der Waals surface area (Å²) in [5.74, 6) is -0.368. The first-order valence-corrected chi connectivity index (χ1v) is 13.8. The Balaban J connectivity index is 1.91. The molecule has 1 atom stereocenters. The van der Waals surface area contributed by atoms with Crippen molar-refractivity contribution in [2.24, 2.45) is 11.7 Å². The number of sulfone groups is 1. The van der Waals surface area contributed by atoms with Crippen molar-refractivity contribution in [3.8, 4) is 11.1 Å². The third-order valence-electron chi connectivity index (χ3n) is 5.94. The Bertz CT molecular complexity index is 1280. The van der Waals surface area contributed by atoms with Gasteiger partial charge in [-0.2, -0.15) is 13.2 Å². The smallest absolute Gasteiger partial charge is 0.368 e. The second-order valence-corrected chi connectivity index (χ2v) is 12.3. The van der Waals surface area contributed by atoms with E-state index in [0.717, 1.165) is 18.4 Å². The van der Waals surface area contributed by atoms with Gasteiger partial charge in [0.15, 0.2) is 9.84 Å². The number of hydrogen-bond donors (Lipinski definition) is 3. The maximum atomic E-state index is 13.7. The molecule has 5 N–H and O–H groups in total. The molecule has 1 aliphatic rings. The van der Waals surface area contributed by atoms with Crippen LogP contribution in [-0.2, 0) is 26.0 Å². The molecule has 1 aromatic carbocycles. The summed E-state index contributed by atoms with van der Waals surface area (Å²) in [5.41, 5.74) is 10.9. The van der Waals surface area contributed by atoms with Crippen molar-refractivity contribution >= 4 is 25.8 Å². The monoisotopic (exact) mass is 521 g/mol. The van der Waals surface area contributed by atoms with E-state index >= 15 is 0 Å². The number of benzene rings is 1. The van der Waals surface area contributed by atoms with E-state index in [2.05, 4.69) is 14.7 Å². The van der Waals surface area contributed by atoms with Gasteiger partial charge >= 0.3 is 6.18 Å². The van der Waals surface area contributed by atoms with Crippen molar-refractivity contribution in [2.75, 3.05) is 12.0 Å². The van der Waals surface area contributed by atoms with Gasteiger partial charge < -0.3 is 11.5 Å². The van der Waals surface area contributed by atoms with Crippen LogP contribution in [0.3, 0.4) is 0 Å². The summed E-state index contributed by atoms with van der Waals surface area (Å²) < 4.78 is 92.9. The topological polar surface area (TPSA) is 158 Å². The van der Waals surface area contributed by atoms with Crippen molar-refractivity contribution in [2.45, 2.75) is 55.1 Å². The Morgan fingerprint density at radius 3 is 2.26 bits per heavy atom. The van der Waals surface area contributed by atoms with Gasteiger partial charge in [0.2, 0.25) is 16.0 Å². The number of nitrogens with two attached hydrogens (primary N) is 2. The van der Waals surface area contributed by atoms with Crippen LogP contribution in [0.2, 0.25) is 0 Å². The van der Waals surface area contributed by atoms with E-state index in [1.54, 1.807) is 6.92 Å². The van der Waals surface area contributed by atoms with Gasteiger partial charge in [-0.05, 0) is 56.2 Å². The Labute approximate surface area is 196 Å². The maximum absolute atomic E-state index is 13.7. The van der Waals surface area contributed by atoms with Crippen LogP contribution < -0.4 is 16.2 Å². The van der Waals surface area contributed by atoms with Gasteiger partial charge in [0.1, 0.15) is 5.37 Å². The fourth-order valence-corrected chi connectivity index (χ4v) is 6.64. The van der Waals surface area contributed by atoms with Gasteiger partial charge in [0.25, 0.3) is 0 Å². The molecular weight excluding hydrogens is 495 g/mol. The number of nitrogen functional groups attached to an aromatic ring is 1. The Morgan fingerprint density at radius 1 is 1.12 bits per heavy atom. The molecule has 0 radical (unpaired) electrons. The zero-order chi connectivity index (χ0) is 25.5. The summed E-state index contributed by atoms with van der Waals surface area (Å²) in [6.07, 6.45) is -1.40. The van der Waals surface area contributed by atoms with E-state index in [1.165, 1.54) is 6.20 Å². The highest BCUT2D eigenvalue weighted by Crippen LogP contribution is 2.37. The van der Waals surface area contributed by atoms with Crippen molar-refractivity contribution < 1.29 is 30.0 Å². The van der Waals surface area contributed by atoms with Gasteiger partial charge in [0, 0.05) is 24.1 Å². The zero-order valence-electron chi connectivity index (χ0n) is 18.5. The number of aryl methyl sites for hydroxylation is 1. The average Bonchev–Trinajstić information content (AvgIpc) is 2.72. The summed E-state index contributed by atoms with van der Waals surface area (Å²) in [6, 6.07) is 2.15. The van der Waals surface area contributed by atoms with Gasteiger partial charge in [-0.1, -0.05) is 6.07 Å². The molecule has 1 saturated carbocycles. The number of nitrogens with zero attached hydrogens (tertiary/aromatic N) is 2. The fourth-order valence-electron chi connectivity index (χ4n) is 4.11. The van der Waals surface area contributed by atoms with Crippen LogP contribution in [0.15, 0.2) is 29.3 Å². The number of sulfonamides is 1. The summed E-state index contributed by atoms with van der Waals surface area (Å²) in [7, 11) is -8.04. The molecule has 0 saturated heterocycles. The quantitative estimate of drug-likeness (QED) is 0.522. The van der Waals surface area contributed by atoms with Crippen LogP contribution in [-0.4, -0.2) is 44.5 Å². The molecule has 1 fully saturated rings. The SMILES string of the molecule is Cc1nc(N)ncc1-c1ccc(C(F)(F)F)c(S(=O)(=O)NC2CCC(C(N)S(C)(=O)=O)CC2)c1. The Kier molecular flexibility index (Phi) is 7.27. The molecule has 2 aromatic rings. The predicted molar refractivity (Wildman–Crippen MR) is 121 cm³/mol. The molecule has 1 aromatic heterocycles. The predicted octanol–water partition coefficient (Wildman–Crippen LogP) is 2.22. The number of hydrogen-bond acceptors (Lipinski definition) is 8. The first kappa shape index (κ1) is 26.3. The number of aromatic nitrogens is 2.